The Bertz CT molecular complexity index is 980. The minimum absolute atomic E-state index is 0. The van der Waals surface area contributed by atoms with Crippen LogP contribution in [0.3, 0.4) is 0 Å². The number of aryl methyl sites for hydroxylation is 1. The number of carbonyl (C=O) groups is 1. The van der Waals surface area contributed by atoms with Gasteiger partial charge in [-0.25, -0.2) is 4.68 Å². The zero-order valence-corrected chi connectivity index (χ0v) is 27.1. The first-order valence-corrected chi connectivity index (χ1v) is 12.8. The van der Waals surface area contributed by atoms with Crippen LogP contribution in [0, 0.1) is 7.43 Å². The Hall–Kier alpha value is -1.49. The van der Waals surface area contributed by atoms with Crippen LogP contribution in [0.25, 0.3) is 0 Å². The van der Waals surface area contributed by atoms with Crippen LogP contribution in [0.2, 0.25) is 0 Å². The van der Waals surface area contributed by atoms with Crippen LogP contribution in [-0.4, -0.2) is 50.6 Å². The van der Waals surface area contributed by atoms with Crippen molar-refractivity contribution in [2.24, 2.45) is 7.05 Å². The molecular weight excluding hydrogens is 551 g/mol. The van der Waals surface area contributed by atoms with Gasteiger partial charge >= 0.3 is 0 Å². The Morgan fingerprint density at radius 1 is 1.14 bits per heavy atom. The number of rotatable bonds is 5. The first-order chi connectivity index (χ1) is 16.5. The van der Waals surface area contributed by atoms with E-state index in [-0.39, 0.29) is 59.4 Å². The van der Waals surface area contributed by atoms with Gasteiger partial charge < -0.3 is 27.0 Å². The number of nitrogens with zero attached hydrogens (tertiary/aromatic N) is 4. The quantitative estimate of drug-likeness (QED) is 0.352. The summed E-state index contributed by atoms with van der Waals surface area (Å²) >= 11 is 0. The van der Waals surface area contributed by atoms with E-state index in [1.807, 2.05) is 52.3 Å². The molecule has 2 aromatic heterocycles. The van der Waals surface area contributed by atoms with Gasteiger partial charge in [0.1, 0.15) is 11.5 Å². The second kappa shape index (κ2) is 14.6. The molecule has 1 radical (unpaired) electrons. The van der Waals surface area contributed by atoms with Gasteiger partial charge in [-0.05, 0) is 53.5 Å². The van der Waals surface area contributed by atoms with Gasteiger partial charge in [-0.15, -0.1) is 0 Å². The third-order valence-electron chi connectivity index (χ3n) is 5.82. The van der Waals surface area contributed by atoms with Crippen LogP contribution in [0.1, 0.15) is 103 Å². The molecule has 1 saturated carbocycles. The van der Waals surface area contributed by atoms with E-state index >= 15 is 0 Å². The van der Waals surface area contributed by atoms with Gasteiger partial charge in [-0.2, -0.15) is 10.2 Å². The number of anilines is 1. The van der Waals surface area contributed by atoms with E-state index < -0.39 is 5.79 Å². The molecule has 1 amide bonds. The smallest absolute Gasteiger partial charge is 0.275 e. The van der Waals surface area contributed by atoms with Crippen molar-refractivity contribution in [3.63, 3.8) is 0 Å². The predicted octanol–water partition coefficient (Wildman–Crippen LogP) is 5.67. The van der Waals surface area contributed by atoms with Crippen LogP contribution >= 0.6 is 0 Å². The molecule has 2 aliphatic rings. The molecule has 211 valence electrons. The molecule has 0 spiro atoms. The second-order valence-electron chi connectivity index (χ2n) is 9.89. The maximum absolute atomic E-state index is 13.0. The Morgan fingerprint density at radius 3 is 2.32 bits per heavy atom. The average molecular weight is 600 g/mol. The second-order valence-corrected chi connectivity index (χ2v) is 9.89. The largest absolute Gasteiger partial charge is 0.378 e. The number of carbonyl (C=O) groups excluding carboxylic acids is 1. The van der Waals surface area contributed by atoms with Gasteiger partial charge in [-0.1, -0.05) is 27.7 Å². The van der Waals surface area contributed by atoms with E-state index in [4.69, 9.17) is 19.3 Å². The molecule has 2 aromatic rings. The van der Waals surface area contributed by atoms with E-state index in [1.165, 1.54) is 0 Å². The van der Waals surface area contributed by atoms with Crippen molar-refractivity contribution in [1.82, 2.24) is 19.6 Å². The van der Waals surface area contributed by atoms with Gasteiger partial charge in [0, 0.05) is 48.5 Å². The molecule has 3 atom stereocenters. The Kier molecular flexibility index (Phi) is 14.0. The summed E-state index contributed by atoms with van der Waals surface area (Å²) in [4.78, 5) is 13.0. The third kappa shape index (κ3) is 8.25. The van der Waals surface area contributed by atoms with Gasteiger partial charge in [0.15, 0.2) is 5.79 Å². The standard InChI is InChI=1S/C22H33N5O4.2C2H6.CH3.Nb/c1-21(2,3)27-18(23-20(28)16-10-13(12-29-7)24-26(16)6)11-15(25-27)14-8-9-17-19(14)31-22(4,5)30-17;2*1-2;;/h10-11,14,17,19H,8-9,12H2,1-7H3,(H,23,28);2*1-2H3;1H3;/q;;;-1;. The topological polar surface area (TPSA) is 92.4 Å². The van der Waals surface area contributed by atoms with Gasteiger partial charge in [0.2, 0.25) is 0 Å². The number of hydrogen-bond donors (Lipinski definition) is 1. The van der Waals surface area contributed by atoms with E-state index in [1.54, 1.807) is 24.9 Å². The number of fused-ring (bicyclic) bond motifs is 1. The van der Waals surface area contributed by atoms with Crippen molar-refractivity contribution >= 4 is 11.7 Å². The summed E-state index contributed by atoms with van der Waals surface area (Å²) < 4.78 is 20.8. The Labute approximate surface area is 239 Å². The summed E-state index contributed by atoms with van der Waals surface area (Å²) in [6.45, 7) is 18.5. The maximum atomic E-state index is 13.0. The van der Waals surface area contributed by atoms with Gasteiger partial charge in [-0.3, -0.25) is 9.48 Å². The minimum Gasteiger partial charge on any atom is -0.378 e. The van der Waals surface area contributed by atoms with Crippen molar-refractivity contribution in [1.29, 1.82) is 0 Å². The minimum atomic E-state index is -0.572. The molecule has 0 aromatic carbocycles. The molecule has 3 heterocycles. The normalized spacial score (nSPS) is 21.3. The van der Waals surface area contributed by atoms with Gasteiger partial charge in [0.05, 0.1) is 35.7 Å². The molecule has 4 rings (SSSR count). The van der Waals surface area contributed by atoms with Crippen molar-refractivity contribution in [3.05, 3.63) is 36.6 Å². The zero-order valence-electron chi connectivity index (χ0n) is 24.9. The van der Waals surface area contributed by atoms with Crippen molar-refractivity contribution in [3.8, 4) is 0 Å². The summed E-state index contributed by atoms with van der Waals surface area (Å²) in [7, 11) is 3.35. The predicted molar refractivity (Wildman–Crippen MR) is 144 cm³/mol. The van der Waals surface area contributed by atoms with Crippen LogP contribution in [0.5, 0.6) is 0 Å². The molecule has 1 saturated heterocycles. The van der Waals surface area contributed by atoms with E-state index in [9.17, 15) is 4.79 Å². The molecule has 37 heavy (non-hydrogen) atoms. The molecular formula is C27H48N5NbO4-. The third-order valence-corrected chi connectivity index (χ3v) is 5.82. The van der Waals surface area contributed by atoms with Crippen molar-refractivity contribution in [2.45, 2.75) is 111 Å². The number of nitrogens with one attached hydrogen (secondary N) is 1. The molecule has 9 nitrogen and oxygen atoms in total. The number of hydrogen-bond acceptors (Lipinski definition) is 6. The zero-order chi connectivity index (χ0) is 26.6. The molecule has 10 heteroatoms. The van der Waals surface area contributed by atoms with Crippen LogP contribution < -0.4 is 5.32 Å². The Balaban J connectivity index is 0.00000206. The van der Waals surface area contributed by atoms with E-state index in [2.05, 4.69) is 31.2 Å². The molecule has 2 fully saturated rings. The summed E-state index contributed by atoms with van der Waals surface area (Å²) in [6, 6.07) is 3.71. The van der Waals surface area contributed by atoms with Crippen molar-refractivity contribution < 1.29 is 41.4 Å². The SMILES string of the molecule is CC.CC.COCc1cc(C(=O)Nc2cc(C3CCC4OC(C)(C)OC43)nn2C(C)(C)C)n(C)n1.[CH3-].[Nb]. The number of ether oxygens (including phenoxy) is 3. The fourth-order valence-electron chi connectivity index (χ4n) is 4.57. The van der Waals surface area contributed by atoms with Crippen LogP contribution in [0.4, 0.5) is 5.82 Å². The number of amides is 1. The molecule has 1 N–H and O–H groups in total. The molecule has 0 bridgehead atoms. The molecule has 1 aliphatic carbocycles. The van der Waals surface area contributed by atoms with Gasteiger partial charge in [0.25, 0.3) is 5.91 Å². The van der Waals surface area contributed by atoms with Crippen LogP contribution in [-0.2, 0) is 55.8 Å². The fraction of sp³-hybridized carbons (Fsp3) is 0.704. The summed E-state index contributed by atoms with van der Waals surface area (Å²) in [5, 5.41) is 12.3. The summed E-state index contributed by atoms with van der Waals surface area (Å²) in [5.41, 5.74) is 1.78. The molecule has 1 aliphatic heterocycles. The average Bonchev–Trinajstić information content (AvgIpc) is 3.53. The van der Waals surface area contributed by atoms with E-state index in [0.717, 1.165) is 18.5 Å². The first kappa shape index (κ1) is 35.5. The maximum Gasteiger partial charge on any atom is 0.275 e. The fourth-order valence-corrected chi connectivity index (χ4v) is 4.57. The monoisotopic (exact) mass is 599 g/mol. The number of methoxy groups -OCH3 is 1. The molecule has 3 unspecified atom stereocenters. The van der Waals surface area contributed by atoms with E-state index in [0.29, 0.717) is 23.8 Å². The Morgan fingerprint density at radius 2 is 1.76 bits per heavy atom. The van der Waals surface area contributed by atoms with Crippen LogP contribution in [0.15, 0.2) is 12.1 Å². The summed E-state index contributed by atoms with van der Waals surface area (Å²) in [6.07, 6.45) is 1.96. The first-order valence-electron chi connectivity index (χ1n) is 12.8. The van der Waals surface area contributed by atoms with Crippen molar-refractivity contribution in [2.75, 3.05) is 12.4 Å². The number of aromatic nitrogens is 4. The summed E-state index contributed by atoms with van der Waals surface area (Å²) in [5.74, 6) is -0.0169.